The van der Waals surface area contributed by atoms with E-state index in [1.807, 2.05) is 12.2 Å². The van der Waals surface area contributed by atoms with E-state index in [4.69, 9.17) is 14.2 Å². The first-order chi connectivity index (χ1) is 10.6. The SMILES string of the molecule is CCOC(=O)CCC=CCCC(C(=O)OCC)C(=O)OCC. The quantitative estimate of drug-likeness (QED) is 0.252. The van der Waals surface area contributed by atoms with Crippen molar-refractivity contribution in [3.8, 4) is 0 Å². The van der Waals surface area contributed by atoms with Gasteiger partial charge in [0.15, 0.2) is 5.92 Å². The molecule has 0 saturated carbocycles. The summed E-state index contributed by atoms with van der Waals surface area (Å²) in [6.07, 6.45) is 5.43. The highest BCUT2D eigenvalue weighted by Crippen LogP contribution is 2.12. The van der Waals surface area contributed by atoms with Crippen LogP contribution in [0, 0.1) is 5.92 Å². The van der Waals surface area contributed by atoms with Gasteiger partial charge in [-0.25, -0.2) is 0 Å². The normalized spacial score (nSPS) is 10.7. The summed E-state index contributed by atoms with van der Waals surface area (Å²) >= 11 is 0. The zero-order chi connectivity index (χ0) is 16.8. The molecule has 0 aromatic heterocycles. The fraction of sp³-hybridized carbons (Fsp3) is 0.688. The standard InChI is InChI=1S/C16H26O6/c1-4-20-14(17)12-10-8-7-9-11-13(15(18)21-5-2)16(19)22-6-3/h7-8,13H,4-6,9-12H2,1-3H3. The Morgan fingerprint density at radius 2 is 1.32 bits per heavy atom. The lowest BCUT2D eigenvalue weighted by molar-refractivity contribution is -0.161. The van der Waals surface area contributed by atoms with E-state index in [0.717, 1.165) is 0 Å². The molecule has 6 heteroatoms. The molecule has 0 aliphatic heterocycles. The monoisotopic (exact) mass is 314 g/mol. The lowest BCUT2D eigenvalue weighted by Gasteiger charge is -2.13. The van der Waals surface area contributed by atoms with Crippen LogP contribution in [0.25, 0.3) is 0 Å². The van der Waals surface area contributed by atoms with Crippen LogP contribution in [0.2, 0.25) is 0 Å². The van der Waals surface area contributed by atoms with Crippen molar-refractivity contribution in [1.82, 2.24) is 0 Å². The number of hydrogen-bond acceptors (Lipinski definition) is 6. The van der Waals surface area contributed by atoms with Gasteiger partial charge in [0.1, 0.15) is 0 Å². The number of hydrogen-bond donors (Lipinski definition) is 0. The third-order valence-corrected chi connectivity index (χ3v) is 2.75. The molecule has 0 atom stereocenters. The average molecular weight is 314 g/mol. The minimum Gasteiger partial charge on any atom is -0.466 e. The number of ether oxygens (including phenoxy) is 3. The summed E-state index contributed by atoms with van der Waals surface area (Å²) in [4.78, 5) is 34.6. The van der Waals surface area contributed by atoms with Gasteiger partial charge < -0.3 is 14.2 Å². The zero-order valence-corrected chi connectivity index (χ0v) is 13.6. The predicted molar refractivity (Wildman–Crippen MR) is 81.0 cm³/mol. The Kier molecular flexibility index (Phi) is 11.8. The smallest absolute Gasteiger partial charge is 0.320 e. The topological polar surface area (TPSA) is 78.9 Å². The Morgan fingerprint density at radius 1 is 0.818 bits per heavy atom. The van der Waals surface area contributed by atoms with E-state index >= 15 is 0 Å². The van der Waals surface area contributed by atoms with E-state index in [1.54, 1.807) is 20.8 Å². The van der Waals surface area contributed by atoms with Crippen molar-refractivity contribution in [2.75, 3.05) is 19.8 Å². The molecule has 0 aromatic rings. The van der Waals surface area contributed by atoms with Crippen LogP contribution >= 0.6 is 0 Å². The zero-order valence-electron chi connectivity index (χ0n) is 13.6. The lowest BCUT2D eigenvalue weighted by atomic mass is 10.0. The molecule has 0 spiro atoms. The molecule has 0 heterocycles. The van der Waals surface area contributed by atoms with Gasteiger partial charge in [-0.05, 0) is 40.0 Å². The summed E-state index contributed by atoms with van der Waals surface area (Å²) in [5.74, 6) is -2.24. The van der Waals surface area contributed by atoms with Crippen LogP contribution in [0.15, 0.2) is 12.2 Å². The van der Waals surface area contributed by atoms with Crippen molar-refractivity contribution in [3.63, 3.8) is 0 Å². The van der Waals surface area contributed by atoms with Gasteiger partial charge in [-0.1, -0.05) is 12.2 Å². The molecular weight excluding hydrogens is 288 g/mol. The first kappa shape index (κ1) is 20.1. The van der Waals surface area contributed by atoms with Crippen LogP contribution in [-0.2, 0) is 28.6 Å². The van der Waals surface area contributed by atoms with Gasteiger partial charge in [0.05, 0.1) is 19.8 Å². The Hall–Kier alpha value is -1.85. The van der Waals surface area contributed by atoms with Crippen molar-refractivity contribution in [3.05, 3.63) is 12.2 Å². The van der Waals surface area contributed by atoms with Crippen LogP contribution in [0.1, 0.15) is 46.5 Å². The van der Waals surface area contributed by atoms with Crippen LogP contribution in [0.5, 0.6) is 0 Å². The van der Waals surface area contributed by atoms with Gasteiger partial charge in [-0.15, -0.1) is 0 Å². The predicted octanol–water partition coefficient (Wildman–Crippen LogP) is 2.41. The number of carbonyl (C=O) groups excluding carboxylic acids is 3. The Morgan fingerprint density at radius 3 is 1.82 bits per heavy atom. The summed E-state index contributed by atoms with van der Waals surface area (Å²) in [6, 6.07) is 0. The van der Waals surface area contributed by atoms with Crippen molar-refractivity contribution >= 4 is 17.9 Å². The molecule has 0 rings (SSSR count). The maximum Gasteiger partial charge on any atom is 0.320 e. The fourth-order valence-corrected chi connectivity index (χ4v) is 1.75. The molecule has 0 bridgehead atoms. The Balaban J connectivity index is 4.19. The van der Waals surface area contributed by atoms with Gasteiger partial charge in [-0.2, -0.15) is 0 Å². The van der Waals surface area contributed by atoms with Crippen LogP contribution in [-0.4, -0.2) is 37.7 Å². The van der Waals surface area contributed by atoms with Gasteiger partial charge >= 0.3 is 17.9 Å². The van der Waals surface area contributed by atoms with Gasteiger partial charge in [0.25, 0.3) is 0 Å². The number of rotatable bonds is 11. The lowest BCUT2D eigenvalue weighted by Crippen LogP contribution is -2.28. The average Bonchev–Trinajstić information content (AvgIpc) is 2.47. The summed E-state index contributed by atoms with van der Waals surface area (Å²) in [6.45, 7) is 5.97. The molecule has 0 aliphatic carbocycles. The molecular formula is C16H26O6. The van der Waals surface area contributed by atoms with Gasteiger partial charge in [0.2, 0.25) is 0 Å². The third kappa shape index (κ3) is 9.15. The molecule has 0 unspecified atom stereocenters. The van der Waals surface area contributed by atoms with Crippen molar-refractivity contribution in [2.45, 2.75) is 46.5 Å². The second kappa shape index (κ2) is 12.9. The van der Waals surface area contributed by atoms with Gasteiger partial charge in [-0.3, -0.25) is 14.4 Å². The maximum absolute atomic E-state index is 11.7. The molecule has 0 fully saturated rings. The van der Waals surface area contributed by atoms with E-state index < -0.39 is 17.9 Å². The molecule has 0 saturated heterocycles. The van der Waals surface area contributed by atoms with Crippen molar-refractivity contribution in [2.24, 2.45) is 5.92 Å². The third-order valence-electron chi connectivity index (χ3n) is 2.75. The summed E-state index contributed by atoms with van der Waals surface area (Å²) in [7, 11) is 0. The number of carbonyl (C=O) groups is 3. The second-order valence-corrected chi connectivity index (χ2v) is 4.45. The van der Waals surface area contributed by atoms with E-state index in [-0.39, 0.29) is 19.2 Å². The van der Waals surface area contributed by atoms with Crippen LogP contribution in [0.4, 0.5) is 0 Å². The minimum absolute atomic E-state index is 0.226. The van der Waals surface area contributed by atoms with E-state index in [0.29, 0.717) is 32.3 Å². The maximum atomic E-state index is 11.7. The molecule has 0 radical (unpaired) electrons. The summed E-state index contributed by atoms with van der Waals surface area (Å²) < 4.78 is 14.6. The Labute approximate surface area is 131 Å². The molecule has 0 aromatic carbocycles. The van der Waals surface area contributed by atoms with Crippen molar-refractivity contribution in [1.29, 1.82) is 0 Å². The highest BCUT2D eigenvalue weighted by molar-refractivity contribution is 5.94. The largest absolute Gasteiger partial charge is 0.466 e. The number of allylic oxidation sites excluding steroid dienone is 2. The molecule has 126 valence electrons. The minimum atomic E-state index is -0.894. The molecule has 22 heavy (non-hydrogen) atoms. The molecule has 0 aliphatic rings. The second-order valence-electron chi connectivity index (χ2n) is 4.45. The fourth-order valence-electron chi connectivity index (χ4n) is 1.75. The highest BCUT2D eigenvalue weighted by atomic mass is 16.6. The van der Waals surface area contributed by atoms with E-state index in [2.05, 4.69) is 0 Å². The highest BCUT2D eigenvalue weighted by Gasteiger charge is 2.28. The summed E-state index contributed by atoms with van der Waals surface area (Å²) in [5.41, 5.74) is 0. The first-order valence-electron chi connectivity index (χ1n) is 7.70. The molecule has 6 nitrogen and oxygen atoms in total. The van der Waals surface area contributed by atoms with Crippen LogP contribution in [0.3, 0.4) is 0 Å². The van der Waals surface area contributed by atoms with Crippen LogP contribution < -0.4 is 0 Å². The molecule has 0 amide bonds. The van der Waals surface area contributed by atoms with Crippen molar-refractivity contribution < 1.29 is 28.6 Å². The Bertz CT molecular complexity index is 357. The van der Waals surface area contributed by atoms with E-state index in [1.165, 1.54) is 0 Å². The molecule has 0 N–H and O–H groups in total. The summed E-state index contributed by atoms with van der Waals surface area (Å²) in [5, 5.41) is 0. The van der Waals surface area contributed by atoms with E-state index in [9.17, 15) is 14.4 Å². The first-order valence-corrected chi connectivity index (χ1v) is 7.70. The van der Waals surface area contributed by atoms with Gasteiger partial charge in [0, 0.05) is 6.42 Å². The number of esters is 3.